The quantitative estimate of drug-likeness (QED) is 0.799. The number of ether oxygens (including phenoxy) is 1. The average molecular weight is 384 g/mol. The van der Waals surface area contributed by atoms with Gasteiger partial charge in [-0.15, -0.1) is 11.8 Å². The van der Waals surface area contributed by atoms with E-state index in [0.29, 0.717) is 17.2 Å². The van der Waals surface area contributed by atoms with Crippen LogP contribution < -0.4 is 10.1 Å². The van der Waals surface area contributed by atoms with Crippen LogP contribution in [0.5, 0.6) is 5.75 Å². The van der Waals surface area contributed by atoms with Crippen molar-refractivity contribution >= 4 is 39.3 Å². The van der Waals surface area contributed by atoms with E-state index >= 15 is 0 Å². The van der Waals surface area contributed by atoms with Gasteiger partial charge in [0.2, 0.25) is 5.91 Å². The predicted octanol–water partition coefficient (Wildman–Crippen LogP) is 4.47. The van der Waals surface area contributed by atoms with Crippen molar-refractivity contribution in [2.75, 3.05) is 18.2 Å². The molecule has 1 N–H and O–H groups in total. The van der Waals surface area contributed by atoms with Crippen LogP contribution in [-0.2, 0) is 10.5 Å². The summed E-state index contributed by atoms with van der Waals surface area (Å²) in [4.78, 5) is 11.8. The summed E-state index contributed by atoms with van der Waals surface area (Å²) >= 11 is 4.92. The van der Waals surface area contributed by atoms with E-state index in [1.54, 1.807) is 19.2 Å². The van der Waals surface area contributed by atoms with Crippen molar-refractivity contribution in [3.05, 3.63) is 58.3 Å². The van der Waals surface area contributed by atoms with Gasteiger partial charge in [-0.05, 0) is 51.8 Å². The zero-order valence-electron chi connectivity index (χ0n) is 11.9. The lowest BCUT2D eigenvalue weighted by atomic mass is 10.2. The normalized spacial score (nSPS) is 10.3. The lowest BCUT2D eigenvalue weighted by Gasteiger charge is -2.07. The molecule has 2 rings (SSSR count). The summed E-state index contributed by atoms with van der Waals surface area (Å²) in [6.07, 6.45) is 0. The Morgan fingerprint density at radius 2 is 2.14 bits per heavy atom. The van der Waals surface area contributed by atoms with Gasteiger partial charge in [-0.1, -0.05) is 12.1 Å². The average Bonchev–Trinajstić information content (AvgIpc) is 2.47. The highest BCUT2D eigenvalue weighted by molar-refractivity contribution is 9.10. The SMILES string of the molecule is COc1ccc(CSCC(=O)Nc2cccc(F)c2)cc1Br. The van der Waals surface area contributed by atoms with Crippen molar-refractivity contribution < 1.29 is 13.9 Å². The van der Waals surface area contributed by atoms with Gasteiger partial charge in [-0.2, -0.15) is 0 Å². The van der Waals surface area contributed by atoms with Gasteiger partial charge in [0.15, 0.2) is 0 Å². The second kappa shape index (κ2) is 8.19. The predicted molar refractivity (Wildman–Crippen MR) is 91.9 cm³/mol. The molecular weight excluding hydrogens is 369 g/mol. The molecule has 1 amide bonds. The summed E-state index contributed by atoms with van der Waals surface area (Å²) in [6, 6.07) is 11.7. The molecular formula is C16H15BrFNO2S. The highest BCUT2D eigenvalue weighted by atomic mass is 79.9. The fraction of sp³-hybridized carbons (Fsp3) is 0.188. The Bertz CT molecular complexity index is 666. The number of carbonyl (C=O) groups is 1. The number of carbonyl (C=O) groups excluding carboxylic acids is 1. The van der Waals surface area contributed by atoms with Gasteiger partial charge in [0, 0.05) is 11.4 Å². The van der Waals surface area contributed by atoms with E-state index in [1.165, 1.54) is 23.9 Å². The fourth-order valence-corrected chi connectivity index (χ4v) is 3.19. The van der Waals surface area contributed by atoms with E-state index in [0.717, 1.165) is 15.8 Å². The maximum atomic E-state index is 13.0. The van der Waals surface area contributed by atoms with Crippen molar-refractivity contribution in [3.63, 3.8) is 0 Å². The van der Waals surface area contributed by atoms with Gasteiger partial charge in [-0.3, -0.25) is 4.79 Å². The standard InChI is InChI=1S/C16H15BrFNO2S/c1-21-15-6-5-11(7-14(15)17)9-22-10-16(20)19-13-4-2-3-12(18)8-13/h2-8H,9-10H2,1H3,(H,19,20). The third kappa shape index (κ3) is 5.03. The molecule has 0 fully saturated rings. The van der Waals surface area contributed by atoms with Crippen LogP contribution in [0.3, 0.4) is 0 Å². The van der Waals surface area contributed by atoms with Gasteiger partial charge in [0.05, 0.1) is 17.3 Å². The first-order chi connectivity index (χ1) is 10.6. The number of benzene rings is 2. The fourth-order valence-electron chi connectivity index (χ4n) is 1.82. The monoisotopic (exact) mass is 383 g/mol. The Hall–Kier alpha value is -1.53. The van der Waals surface area contributed by atoms with E-state index in [4.69, 9.17) is 4.74 Å². The molecule has 0 heterocycles. The Balaban J connectivity index is 1.81. The number of amides is 1. The van der Waals surface area contributed by atoms with Crippen LogP contribution in [0.25, 0.3) is 0 Å². The second-order valence-corrected chi connectivity index (χ2v) is 6.36. The largest absolute Gasteiger partial charge is 0.496 e. The molecule has 0 saturated carbocycles. The molecule has 6 heteroatoms. The molecule has 0 aliphatic rings. The number of nitrogens with one attached hydrogen (secondary N) is 1. The highest BCUT2D eigenvalue weighted by Gasteiger charge is 2.05. The van der Waals surface area contributed by atoms with Crippen LogP contribution in [0.15, 0.2) is 46.9 Å². The molecule has 2 aromatic rings. The molecule has 0 bridgehead atoms. The number of halogens is 2. The molecule has 0 atom stereocenters. The van der Waals surface area contributed by atoms with E-state index in [9.17, 15) is 9.18 Å². The minimum atomic E-state index is -0.367. The molecule has 0 aliphatic heterocycles. The summed E-state index contributed by atoms with van der Waals surface area (Å²) in [5.74, 6) is 1.27. The molecule has 0 spiro atoms. The molecule has 22 heavy (non-hydrogen) atoms. The van der Waals surface area contributed by atoms with Gasteiger partial charge in [0.25, 0.3) is 0 Å². The Kier molecular flexibility index (Phi) is 6.27. The summed E-state index contributed by atoms with van der Waals surface area (Å²) in [5, 5.41) is 2.67. The summed E-state index contributed by atoms with van der Waals surface area (Å²) in [7, 11) is 1.62. The number of hydrogen-bond donors (Lipinski definition) is 1. The van der Waals surface area contributed by atoms with E-state index in [-0.39, 0.29) is 11.7 Å². The molecule has 2 aromatic carbocycles. The van der Waals surface area contributed by atoms with Crippen LogP contribution in [0.2, 0.25) is 0 Å². The van der Waals surface area contributed by atoms with Crippen LogP contribution in [-0.4, -0.2) is 18.8 Å². The van der Waals surface area contributed by atoms with Crippen LogP contribution in [0.1, 0.15) is 5.56 Å². The van der Waals surface area contributed by atoms with Crippen molar-refractivity contribution in [2.24, 2.45) is 0 Å². The van der Waals surface area contributed by atoms with Crippen molar-refractivity contribution in [3.8, 4) is 5.75 Å². The first-order valence-electron chi connectivity index (χ1n) is 6.54. The van der Waals surface area contributed by atoms with Gasteiger partial charge in [0.1, 0.15) is 11.6 Å². The lowest BCUT2D eigenvalue weighted by molar-refractivity contribution is -0.113. The smallest absolute Gasteiger partial charge is 0.234 e. The number of hydrogen-bond acceptors (Lipinski definition) is 3. The maximum absolute atomic E-state index is 13.0. The van der Waals surface area contributed by atoms with Crippen molar-refractivity contribution in [2.45, 2.75) is 5.75 Å². The first kappa shape index (κ1) is 16.8. The third-order valence-electron chi connectivity index (χ3n) is 2.83. The van der Waals surface area contributed by atoms with Gasteiger partial charge in [-0.25, -0.2) is 4.39 Å². The zero-order chi connectivity index (χ0) is 15.9. The Morgan fingerprint density at radius 1 is 1.32 bits per heavy atom. The number of rotatable bonds is 6. The van der Waals surface area contributed by atoms with Crippen LogP contribution in [0.4, 0.5) is 10.1 Å². The first-order valence-corrected chi connectivity index (χ1v) is 8.49. The van der Waals surface area contributed by atoms with Gasteiger partial charge >= 0.3 is 0 Å². The van der Waals surface area contributed by atoms with Gasteiger partial charge < -0.3 is 10.1 Å². The van der Waals surface area contributed by atoms with Crippen molar-refractivity contribution in [1.29, 1.82) is 0 Å². The number of thioether (sulfide) groups is 1. The van der Waals surface area contributed by atoms with E-state index in [2.05, 4.69) is 21.2 Å². The summed E-state index contributed by atoms with van der Waals surface area (Å²) in [5.41, 5.74) is 1.56. The van der Waals surface area contributed by atoms with E-state index in [1.807, 2.05) is 18.2 Å². The minimum absolute atomic E-state index is 0.150. The molecule has 3 nitrogen and oxygen atoms in total. The summed E-state index contributed by atoms with van der Waals surface area (Å²) in [6.45, 7) is 0. The third-order valence-corrected chi connectivity index (χ3v) is 4.45. The molecule has 0 aliphatic carbocycles. The number of anilines is 1. The van der Waals surface area contributed by atoms with E-state index < -0.39 is 0 Å². The number of methoxy groups -OCH3 is 1. The molecule has 0 saturated heterocycles. The second-order valence-electron chi connectivity index (χ2n) is 4.52. The topological polar surface area (TPSA) is 38.3 Å². The summed E-state index contributed by atoms with van der Waals surface area (Å²) < 4.78 is 19.1. The Labute approximate surface area is 141 Å². The maximum Gasteiger partial charge on any atom is 0.234 e. The highest BCUT2D eigenvalue weighted by Crippen LogP contribution is 2.27. The minimum Gasteiger partial charge on any atom is -0.496 e. The Morgan fingerprint density at radius 3 is 2.82 bits per heavy atom. The zero-order valence-corrected chi connectivity index (χ0v) is 14.3. The van der Waals surface area contributed by atoms with Crippen molar-refractivity contribution in [1.82, 2.24) is 0 Å². The molecule has 0 aromatic heterocycles. The molecule has 0 unspecified atom stereocenters. The lowest BCUT2D eigenvalue weighted by Crippen LogP contribution is -2.14. The van der Waals surface area contributed by atoms with Crippen LogP contribution in [0, 0.1) is 5.82 Å². The molecule has 116 valence electrons. The molecule has 0 radical (unpaired) electrons. The van der Waals surface area contributed by atoms with Crippen LogP contribution >= 0.6 is 27.7 Å².